The minimum Gasteiger partial charge on any atom is -0.394 e. The molecule has 22 heteroatoms. The Hall–Kier alpha value is -5.21. The fourth-order valence-corrected chi connectivity index (χ4v) is 8.64. The van der Waals surface area contributed by atoms with E-state index in [0.717, 1.165) is 51.9 Å². The number of primary amides is 1. The van der Waals surface area contributed by atoms with Crippen LogP contribution in [0.15, 0.2) is 42.9 Å². The number of nitrogens with two attached hydrogens (primary N) is 1. The first-order valence-electron chi connectivity index (χ1n) is 23.7. The van der Waals surface area contributed by atoms with E-state index >= 15 is 0 Å². The Morgan fingerprint density at radius 1 is 0.838 bits per heavy atom. The number of aromatic nitrogens is 2. The standard InChI is InChI=1S/C46H74N9O12P/c1-31(2)26-36(51-46(63)39-21-17-25-55(39)40(58)22-14-10-15-23-49-33(4)57)43(60)50-37(44(61)52-38(29-56)45(62)53-41(42(47)59)32(3)67-68(64,65)66)27-35-28-48-30-54(35)24-16-8-6-5-7-11-18-34-19-12-9-13-20-34/h9,12-13,19-20,28,30-32,36-39,41,56H,5-8,10-11,14-18,21-27,29H2,1-4H3,(H2,47,59)(H,49,57)(H,50,60)(H,51,63)(H,52,61)(H,53,62)(H2,64,65,66)/t32-,36-,37-,38-,39-,41-/m0/s1. The van der Waals surface area contributed by atoms with E-state index in [2.05, 4.69) is 48.2 Å². The van der Waals surface area contributed by atoms with E-state index in [4.69, 9.17) is 5.73 Å². The molecule has 1 aliphatic rings. The lowest BCUT2D eigenvalue weighted by Gasteiger charge is -2.29. The maximum atomic E-state index is 14.2. The minimum atomic E-state index is -5.13. The fourth-order valence-electron chi connectivity index (χ4n) is 8.09. The molecule has 2 heterocycles. The molecule has 1 aliphatic heterocycles. The molecule has 1 fully saturated rings. The molecule has 1 aromatic heterocycles. The van der Waals surface area contributed by atoms with Gasteiger partial charge in [-0.1, -0.05) is 76.3 Å². The van der Waals surface area contributed by atoms with Crippen molar-refractivity contribution < 1.29 is 57.5 Å². The van der Waals surface area contributed by atoms with E-state index in [1.165, 1.54) is 17.4 Å². The number of aryl methyl sites for hydroxylation is 2. The second kappa shape index (κ2) is 29.6. The highest BCUT2D eigenvalue weighted by Gasteiger charge is 2.38. The lowest BCUT2D eigenvalue weighted by atomic mass is 10.0. The van der Waals surface area contributed by atoms with Gasteiger partial charge in [0, 0.05) is 51.3 Å². The summed E-state index contributed by atoms with van der Waals surface area (Å²) in [5, 5.41) is 23.1. The highest BCUT2D eigenvalue weighted by Crippen LogP contribution is 2.38. The predicted molar refractivity (Wildman–Crippen MR) is 252 cm³/mol. The summed E-state index contributed by atoms with van der Waals surface area (Å²) in [5.74, 6) is -4.95. The second-order valence-corrected chi connectivity index (χ2v) is 19.1. The number of phosphoric acid groups is 1. The van der Waals surface area contributed by atoms with Crippen LogP contribution in [0.4, 0.5) is 0 Å². The summed E-state index contributed by atoms with van der Waals surface area (Å²) in [7, 11) is -5.13. The van der Waals surface area contributed by atoms with Gasteiger partial charge in [0.15, 0.2) is 0 Å². The summed E-state index contributed by atoms with van der Waals surface area (Å²) in [6.07, 6.45) is 11.9. The lowest BCUT2D eigenvalue weighted by molar-refractivity contribution is -0.140. The molecule has 1 saturated heterocycles. The number of carbonyl (C=O) groups is 7. The molecule has 0 bridgehead atoms. The number of aliphatic hydroxyl groups excluding tert-OH is 1. The molecule has 1 aromatic carbocycles. The molecule has 0 unspecified atom stereocenters. The lowest BCUT2D eigenvalue weighted by Crippen LogP contribution is -2.61. The van der Waals surface area contributed by atoms with E-state index < -0.39 is 80.3 Å². The summed E-state index contributed by atoms with van der Waals surface area (Å²) in [6, 6.07) is 3.46. The molecule has 0 aliphatic carbocycles. The first kappa shape index (κ1) is 57.1. The summed E-state index contributed by atoms with van der Waals surface area (Å²) in [4.78, 5) is 117. The maximum Gasteiger partial charge on any atom is 0.469 e. The zero-order chi connectivity index (χ0) is 50.2. The summed E-state index contributed by atoms with van der Waals surface area (Å²) in [5.41, 5.74) is 7.26. The number of hydrogen-bond donors (Lipinski definition) is 9. The van der Waals surface area contributed by atoms with Crippen molar-refractivity contribution in [2.75, 3.05) is 19.7 Å². The van der Waals surface area contributed by atoms with Crippen molar-refractivity contribution in [3.05, 3.63) is 54.1 Å². The van der Waals surface area contributed by atoms with Crippen LogP contribution >= 0.6 is 7.82 Å². The Labute approximate surface area is 399 Å². The van der Waals surface area contributed by atoms with Crippen LogP contribution in [-0.2, 0) is 62.0 Å². The first-order chi connectivity index (χ1) is 32.3. The van der Waals surface area contributed by atoms with Crippen molar-refractivity contribution in [1.29, 1.82) is 0 Å². The van der Waals surface area contributed by atoms with Crippen molar-refractivity contribution in [2.24, 2.45) is 11.7 Å². The number of unbranched alkanes of at least 4 members (excludes halogenated alkanes) is 7. The van der Waals surface area contributed by atoms with E-state index in [9.17, 15) is 53.0 Å². The van der Waals surface area contributed by atoms with Gasteiger partial charge in [0.2, 0.25) is 41.4 Å². The summed E-state index contributed by atoms with van der Waals surface area (Å²) < 4.78 is 17.8. The topological polar surface area (TPSA) is 314 Å². The number of hydrogen-bond acceptors (Lipinski definition) is 11. The zero-order valence-electron chi connectivity index (χ0n) is 39.9. The van der Waals surface area contributed by atoms with Gasteiger partial charge in [-0.25, -0.2) is 9.55 Å². The van der Waals surface area contributed by atoms with Gasteiger partial charge in [-0.2, -0.15) is 0 Å². The number of aliphatic hydroxyl groups is 1. The average molecular weight is 976 g/mol. The van der Waals surface area contributed by atoms with Gasteiger partial charge in [-0.3, -0.25) is 38.1 Å². The molecule has 0 spiro atoms. The first-order valence-corrected chi connectivity index (χ1v) is 25.2. The third-order valence-corrected chi connectivity index (χ3v) is 12.3. The highest BCUT2D eigenvalue weighted by molar-refractivity contribution is 7.46. The molecule has 21 nitrogen and oxygen atoms in total. The van der Waals surface area contributed by atoms with Crippen molar-refractivity contribution in [2.45, 2.75) is 167 Å². The highest BCUT2D eigenvalue weighted by atomic mass is 31.2. The monoisotopic (exact) mass is 976 g/mol. The molecule has 6 atom stereocenters. The number of nitrogens with one attached hydrogen (secondary N) is 5. The van der Waals surface area contributed by atoms with Gasteiger partial charge < -0.3 is 56.7 Å². The van der Waals surface area contributed by atoms with Gasteiger partial charge in [-0.15, -0.1) is 0 Å². The second-order valence-electron chi connectivity index (χ2n) is 17.9. The minimum absolute atomic E-state index is 0.111. The Morgan fingerprint density at radius 2 is 1.47 bits per heavy atom. The smallest absolute Gasteiger partial charge is 0.394 e. The fraction of sp³-hybridized carbons (Fsp3) is 0.652. The van der Waals surface area contributed by atoms with Crippen molar-refractivity contribution in [3.63, 3.8) is 0 Å². The Balaban J connectivity index is 1.76. The summed E-state index contributed by atoms with van der Waals surface area (Å²) >= 11 is 0. The van der Waals surface area contributed by atoms with E-state index in [1.807, 2.05) is 36.6 Å². The number of likely N-dealkylation sites (tertiary alicyclic amines) is 1. The molecule has 68 heavy (non-hydrogen) atoms. The zero-order valence-corrected chi connectivity index (χ0v) is 40.8. The van der Waals surface area contributed by atoms with Gasteiger partial charge >= 0.3 is 7.82 Å². The third kappa shape index (κ3) is 21.0. The molecule has 380 valence electrons. The summed E-state index contributed by atoms with van der Waals surface area (Å²) in [6.45, 7) is 6.68. The quantitative estimate of drug-likeness (QED) is 0.0373. The molecule has 3 rings (SSSR count). The average Bonchev–Trinajstić information content (AvgIpc) is 3.95. The maximum absolute atomic E-state index is 14.2. The molecule has 0 radical (unpaired) electrons. The molecule has 0 saturated carbocycles. The van der Waals surface area contributed by atoms with E-state index in [1.54, 1.807) is 12.5 Å². The third-order valence-electron chi connectivity index (χ3n) is 11.7. The van der Waals surface area contributed by atoms with E-state index in [-0.39, 0.29) is 37.0 Å². The van der Waals surface area contributed by atoms with Gasteiger partial charge in [0.05, 0.1) is 19.0 Å². The van der Waals surface area contributed by atoms with Gasteiger partial charge in [0.25, 0.3) is 0 Å². The van der Waals surface area contributed by atoms with Crippen LogP contribution in [-0.4, -0.2) is 127 Å². The molecule has 2 aromatic rings. The number of nitrogens with zero attached hydrogens (tertiary/aromatic N) is 3. The van der Waals surface area contributed by atoms with Crippen LogP contribution in [0.3, 0.4) is 0 Å². The number of benzene rings is 1. The molecule has 10 N–H and O–H groups in total. The van der Waals surface area contributed by atoms with E-state index in [0.29, 0.717) is 57.4 Å². The number of carbonyl (C=O) groups excluding carboxylic acids is 7. The number of rotatable bonds is 32. The van der Waals surface area contributed by atoms with Crippen molar-refractivity contribution in [1.82, 2.24) is 41.0 Å². The van der Waals surface area contributed by atoms with Gasteiger partial charge in [0.1, 0.15) is 30.2 Å². The van der Waals surface area contributed by atoms with Crippen LogP contribution in [0.5, 0.6) is 0 Å². The Morgan fingerprint density at radius 3 is 2.12 bits per heavy atom. The van der Waals surface area contributed by atoms with Crippen LogP contribution in [0.2, 0.25) is 0 Å². The van der Waals surface area contributed by atoms with Crippen LogP contribution in [0, 0.1) is 5.92 Å². The molecular weight excluding hydrogens is 902 g/mol. The van der Waals surface area contributed by atoms with Gasteiger partial charge in [-0.05, 0) is 69.8 Å². The van der Waals surface area contributed by atoms with Crippen molar-refractivity contribution in [3.8, 4) is 0 Å². The van der Waals surface area contributed by atoms with Crippen LogP contribution in [0.25, 0.3) is 0 Å². The van der Waals surface area contributed by atoms with Crippen LogP contribution < -0.4 is 32.3 Å². The SMILES string of the molecule is CC(=O)NCCCCCC(=O)N1CCC[C@H]1C(=O)N[C@@H](CC(C)C)C(=O)N[C@@H](Cc1cncn1CCCCCCCCc1ccccc1)C(=O)N[C@@H](CO)C(=O)N[C@H](C(N)=O)[C@H](C)OP(=O)(O)O. The largest absolute Gasteiger partial charge is 0.469 e. The predicted octanol–water partition coefficient (Wildman–Crippen LogP) is 1.66. The number of phosphoric ester groups is 1. The Kier molecular flexibility index (Phi) is 24.9. The van der Waals surface area contributed by atoms with Crippen LogP contribution in [0.1, 0.15) is 122 Å². The number of amides is 7. The normalized spacial score (nSPS) is 16.0. The molecule has 7 amide bonds. The van der Waals surface area contributed by atoms with Crippen molar-refractivity contribution >= 4 is 49.2 Å². The Bertz CT molecular complexity index is 1980. The number of imidazole rings is 1. The molecular formula is C46H74N9O12P.